The van der Waals surface area contributed by atoms with E-state index in [1.807, 2.05) is 60.9 Å². The topological polar surface area (TPSA) is 69.7 Å². The minimum atomic E-state index is -0.448. The number of carbonyl (C=O) groups excluding carboxylic acids is 3. The molecule has 0 spiro atoms. The molecule has 0 aromatic heterocycles. The molecule has 0 radical (unpaired) electrons. The molecule has 3 rings (SSSR count). The lowest BCUT2D eigenvalue weighted by Gasteiger charge is -2.39. The van der Waals surface area contributed by atoms with Crippen molar-refractivity contribution >= 4 is 17.7 Å². The Bertz CT molecular complexity index is 726. The maximum absolute atomic E-state index is 13.5. The Kier molecular flexibility index (Phi) is 6.06. The normalized spacial score (nSPS) is 23.8. The van der Waals surface area contributed by atoms with Gasteiger partial charge in [-0.1, -0.05) is 51.1 Å². The van der Waals surface area contributed by atoms with E-state index < -0.39 is 5.41 Å². The average Bonchev–Trinajstić information content (AvgIpc) is 2.88. The van der Waals surface area contributed by atoms with Crippen LogP contribution in [0.25, 0.3) is 0 Å². The Balaban J connectivity index is 1.80. The van der Waals surface area contributed by atoms with Crippen LogP contribution in [0.15, 0.2) is 30.3 Å². The zero-order valence-electron chi connectivity index (χ0n) is 17.1. The van der Waals surface area contributed by atoms with E-state index >= 15 is 0 Å². The van der Waals surface area contributed by atoms with Crippen molar-refractivity contribution in [2.75, 3.05) is 26.2 Å². The number of nitrogens with one attached hydrogen (secondary N) is 1. The van der Waals surface area contributed by atoms with Gasteiger partial charge in [-0.05, 0) is 18.4 Å². The molecule has 6 nitrogen and oxygen atoms in total. The molecule has 152 valence electrons. The zero-order chi connectivity index (χ0) is 20.3. The molecule has 0 unspecified atom stereocenters. The van der Waals surface area contributed by atoms with Crippen molar-refractivity contribution in [3.63, 3.8) is 0 Å². The summed E-state index contributed by atoms with van der Waals surface area (Å²) in [6, 6.07) is 9.49. The van der Waals surface area contributed by atoms with Crippen molar-refractivity contribution < 1.29 is 14.4 Å². The SMILES string of the molecule is CC(C)(C)C(=O)N1CCC[C@@H](C(=O)N2CCNC(=O)C[C@H]2c2ccccc2)C1. The van der Waals surface area contributed by atoms with E-state index in [0.29, 0.717) is 26.2 Å². The second-order valence-electron chi connectivity index (χ2n) is 8.85. The lowest BCUT2D eigenvalue weighted by atomic mass is 9.90. The van der Waals surface area contributed by atoms with Crippen LogP contribution >= 0.6 is 0 Å². The second-order valence-corrected chi connectivity index (χ2v) is 8.85. The molecular formula is C22H31N3O3. The molecule has 2 saturated heterocycles. The van der Waals surface area contributed by atoms with Crippen LogP contribution in [-0.4, -0.2) is 53.7 Å². The van der Waals surface area contributed by atoms with Crippen LogP contribution in [0.3, 0.4) is 0 Å². The van der Waals surface area contributed by atoms with Gasteiger partial charge in [-0.25, -0.2) is 0 Å². The summed E-state index contributed by atoms with van der Waals surface area (Å²) in [5.41, 5.74) is 0.530. The van der Waals surface area contributed by atoms with Crippen molar-refractivity contribution in [3.8, 4) is 0 Å². The highest BCUT2D eigenvalue weighted by Gasteiger charge is 2.38. The molecule has 1 aromatic carbocycles. The molecular weight excluding hydrogens is 354 g/mol. The van der Waals surface area contributed by atoms with Crippen LogP contribution in [0.2, 0.25) is 0 Å². The Labute approximate surface area is 167 Å². The molecule has 0 saturated carbocycles. The van der Waals surface area contributed by atoms with Gasteiger partial charge in [0.25, 0.3) is 0 Å². The maximum Gasteiger partial charge on any atom is 0.228 e. The standard InChI is InChI=1S/C22H31N3O3/c1-22(2,3)21(28)24-12-7-10-17(15-24)20(27)25-13-11-23-19(26)14-18(25)16-8-5-4-6-9-16/h4-6,8-9,17-18H,7,10-15H2,1-3H3,(H,23,26)/t17-,18+/m1/s1. The van der Waals surface area contributed by atoms with Crippen molar-refractivity contribution in [2.24, 2.45) is 11.3 Å². The molecule has 2 aliphatic rings. The molecule has 2 fully saturated rings. The summed E-state index contributed by atoms with van der Waals surface area (Å²) in [4.78, 5) is 42.0. The quantitative estimate of drug-likeness (QED) is 0.850. The van der Waals surface area contributed by atoms with Gasteiger partial charge in [0.15, 0.2) is 0 Å². The van der Waals surface area contributed by atoms with E-state index in [2.05, 4.69) is 5.32 Å². The molecule has 0 aliphatic carbocycles. The first-order chi connectivity index (χ1) is 13.3. The number of hydrogen-bond donors (Lipinski definition) is 1. The first-order valence-electron chi connectivity index (χ1n) is 10.2. The summed E-state index contributed by atoms with van der Waals surface area (Å²) < 4.78 is 0. The van der Waals surface area contributed by atoms with Crippen LogP contribution in [-0.2, 0) is 14.4 Å². The van der Waals surface area contributed by atoms with Crippen LogP contribution in [0, 0.1) is 11.3 Å². The molecule has 1 aromatic rings. The predicted octanol–water partition coefficient (Wildman–Crippen LogP) is 2.36. The fraction of sp³-hybridized carbons (Fsp3) is 0.591. The smallest absolute Gasteiger partial charge is 0.228 e. The number of likely N-dealkylation sites (tertiary alicyclic amines) is 1. The number of carbonyl (C=O) groups is 3. The monoisotopic (exact) mass is 385 g/mol. The third kappa shape index (κ3) is 4.54. The summed E-state index contributed by atoms with van der Waals surface area (Å²) in [5.74, 6) is -0.0918. The molecule has 28 heavy (non-hydrogen) atoms. The summed E-state index contributed by atoms with van der Waals surface area (Å²) in [5, 5.41) is 2.88. The Morgan fingerprint density at radius 1 is 1.11 bits per heavy atom. The van der Waals surface area contributed by atoms with Crippen molar-refractivity contribution in [3.05, 3.63) is 35.9 Å². The summed E-state index contributed by atoms with van der Waals surface area (Å²) in [6.45, 7) is 7.88. The van der Waals surface area contributed by atoms with Gasteiger partial charge < -0.3 is 15.1 Å². The van der Waals surface area contributed by atoms with Gasteiger partial charge in [0, 0.05) is 31.6 Å². The largest absolute Gasteiger partial charge is 0.354 e. The zero-order valence-corrected chi connectivity index (χ0v) is 17.1. The van der Waals surface area contributed by atoms with E-state index in [0.717, 1.165) is 18.4 Å². The molecule has 2 aliphatic heterocycles. The first-order valence-corrected chi connectivity index (χ1v) is 10.2. The molecule has 1 N–H and O–H groups in total. The van der Waals surface area contributed by atoms with Crippen molar-refractivity contribution in [1.29, 1.82) is 0 Å². The summed E-state index contributed by atoms with van der Waals surface area (Å²) in [7, 11) is 0. The van der Waals surface area contributed by atoms with Crippen LogP contribution in [0.1, 0.15) is 51.6 Å². The maximum atomic E-state index is 13.5. The number of nitrogens with zero attached hydrogens (tertiary/aromatic N) is 2. The fourth-order valence-electron chi connectivity index (χ4n) is 4.14. The average molecular weight is 386 g/mol. The number of benzene rings is 1. The summed E-state index contributed by atoms with van der Waals surface area (Å²) >= 11 is 0. The predicted molar refractivity (Wildman–Crippen MR) is 107 cm³/mol. The molecule has 2 heterocycles. The van der Waals surface area contributed by atoms with Gasteiger partial charge in [-0.15, -0.1) is 0 Å². The van der Waals surface area contributed by atoms with Gasteiger partial charge in [-0.2, -0.15) is 0 Å². The number of amides is 3. The van der Waals surface area contributed by atoms with E-state index in [9.17, 15) is 14.4 Å². The Morgan fingerprint density at radius 2 is 1.82 bits per heavy atom. The minimum Gasteiger partial charge on any atom is -0.354 e. The Hall–Kier alpha value is -2.37. The third-order valence-electron chi connectivity index (χ3n) is 5.60. The van der Waals surface area contributed by atoms with Gasteiger partial charge in [-0.3, -0.25) is 14.4 Å². The second kappa shape index (κ2) is 8.33. The fourth-order valence-corrected chi connectivity index (χ4v) is 4.14. The molecule has 2 atom stereocenters. The van der Waals surface area contributed by atoms with E-state index in [1.165, 1.54) is 0 Å². The highest BCUT2D eigenvalue weighted by molar-refractivity contribution is 5.85. The Morgan fingerprint density at radius 3 is 2.50 bits per heavy atom. The van der Waals surface area contributed by atoms with Crippen LogP contribution in [0.4, 0.5) is 0 Å². The van der Waals surface area contributed by atoms with E-state index in [-0.39, 0.29) is 36.1 Å². The minimum absolute atomic E-state index is 0.0302. The lowest BCUT2D eigenvalue weighted by Crippen LogP contribution is -2.50. The van der Waals surface area contributed by atoms with Crippen molar-refractivity contribution in [2.45, 2.75) is 46.1 Å². The number of piperidine rings is 1. The summed E-state index contributed by atoms with van der Waals surface area (Å²) in [6.07, 6.45) is 1.89. The van der Waals surface area contributed by atoms with Crippen LogP contribution < -0.4 is 5.32 Å². The van der Waals surface area contributed by atoms with E-state index in [1.54, 1.807) is 0 Å². The van der Waals surface area contributed by atoms with Gasteiger partial charge >= 0.3 is 0 Å². The highest BCUT2D eigenvalue weighted by atomic mass is 16.2. The number of rotatable bonds is 2. The van der Waals surface area contributed by atoms with Crippen LogP contribution in [0.5, 0.6) is 0 Å². The van der Waals surface area contributed by atoms with Gasteiger partial charge in [0.05, 0.1) is 18.4 Å². The first kappa shape index (κ1) is 20.4. The van der Waals surface area contributed by atoms with Gasteiger partial charge in [0.2, 0.25) is 17.7 Å². The number of hydrogen-bond acceptors (Lipinski definition) is 3. The molecule has 6 heteroatoms. The van der Waals surface area contributed by atoms with Gasteiger partial charge in [0.1, 0.15) is 0 Å². The highest BCUT2D eigenvalue weighted by Crippen LogP contribution is 2.30. The molecule has 0 bridgehead atoms. The third-order valence-corrected chi connectivity index (χ3v) is 5.60. The lowest BCUT2D eigenvalue weighted by molar-refractivity contribution is -0.146. The van der Waals surface area contributed by atoms with Crippen molar-refractivity contribution in [1.82, 2.24) is 15.1 Å². The molecule has 3 amide bonds. The van der Waals surface area contributed by atoms with E-state index in [4.69, 9.17) is 0 Å².